The molecule has 1 aliphatic heterocycles. The van der Waals surface area contributed by atoms with Gasteiger partial charge in [-0.05, 0) is 68.7 Å². The second kappa shape index (κ2) is 13.7. The number of rotatable bonds is 9. The van der Waals surface area contributed by atoms with Crippen LogP contribution in [0.5, 0.6) is 5.75 Å². The molecule has 0 atom stereocenters. The zero-order valence-electron chi connectivity index (χ0n) is 22.3. The minimum Gasteiger partial charge on any atom is -0.482 e. The lowest BCUT2D eigenvalue weighted by Crippen LogP contribution is -2.35. The first-order valence-corrected chi connectivity index (χ1v) is 13.4. The lowest BCUT2D eigenvalue weighted by Gasteiger charge is -2.29. The van der Waals surface area contributed by atoms with Crippen molar-refractivity contribution >= 4 is 46.7 Å². The Kier molecular flexibility index (Phi) is 9.86. The molecule has 2 amide bonds. The van der Waals surface area contributed by atoms with Gasteiger partial charge >= 0.3 is 5.97 Å². The van der Waals surface area contributed by atoms with Crippen LogP contribution in [0.1, 0.15) is 52.5 Å². The second-order valence-electron chi connectivity index (χ2n) is 9.16. The van der Waals surface area contributed by atoms with Gasteiger partial charge in [-0.15, -0.1) is 0 Å². The molecule has 0 spiro atoms. The summed E-state index contributed by atoms with van der Waals surface area (Å²) in [5.41, 5.74) is 0.156. The average Bonchev–Trinajstić information content (AvgIpc) is 2.97. The van der Waals surface area contributed by atoms with Crippen LogP contribution in [0.3, 0.4) is 0 Å². The predicted molar refractivity (Wildman–Crippen MR) is 152 cm³/mol. The van der Waals surface area contributed by atoms with E-state index in [0.29, 0.717) is 10.6 Å². The van der Waals surface area contributed by atoms with Crippen LogP contribution in [0, 0.1) is 11.2 Å². The monoisotopic (exact) mass is 581 g/mol. The largest absolute Gasteiger partial charge is 0.482 e. The molecular weight excluding hydrogens is 553 g/mol. The van der Waals surface area contributed by atoms with E-state index in [0.717, 1.165) is 38.4 Å². The number of anilines is 2. The van der Waals surface area contributed by atoms with Gasteiger partial charge in [-0.1, -0.05) is 17.7 Å². The summed E-state index contributed by atoms with van der Waals surface area (Å²) in [5, 5.41) is 14.0. The fourth-order valence-corrected chi connectivity index (χ4v) is 4.34. The van der Waals surface area contributed by atoms with Gasteiger partial charge in [-0.3, -0.25) is 15.0 Å². The number of pyridine rings is 1. The SMILES string of the molecule is CCOC(=O)COc1ccc(NC(=O)c2ccc(C(=N)N3CCCCC3)cc2F)c(C(=O)Nc2ccc(Cl)cn2)c1. The predicted octanol–water partition coefficient (Wildman–Crippen LogP) is 5.13. The number of benzene rings is 2. The molecule has 0 saturated carbocycles. The molecular formula is C29H29ClFN5O5. The summed E-state index contributed by atoms with van der Waals surface area (Å²) in [6, 6.07) is 11.2. The van der Waals surface area contributed by atoms with Crippen LogP contribution < -0.4 is 15.4 Å². The van der Waals surface area contributed by atoms with E-state index in [-0.39, 0.29) is 47.4 Å². The van der Waals surface area contributed by atoms with E-state index in [4.69, 9.17) is 26.5 Å². The van der Waals surface area contributed by atoms with Crippen molar-refractivity contribution in [2.24, 2.45) is 0 Å². The zero-order chi connectivity index (χ0) is 29.4. The van der Waals surface area contributed by atoms with Crippen molar-refractivity contribution in [2.45, 2.75) is 26.2 Å². The van der Waals surface area contributed by atoms with E-state index in [1.54, 1.807) is 13.0 Å². The number of likely N-dealkylation sites (tertiary alicyclic amines) is 1. The fraction of sp³-hybridized carbons (Fsp3) is 0.276. The molecule has 3 aromatic rings. The van der Waals surface area contributed by atoms with Crippen molar-refractivity contribution in [1.29, 1.82) is 5.41 Å². The number of nitrogens with zero attached hydrogens (tertiary/aromatic N) is 2. The highest BCUT2D eigenvalue weighted by molar-refractivity contribution is 6.30. The summed E-state index contributed by atoms with van der Waals surface area (Å²) in [7, 11) is 0. The highest BCUT2D eigenvalue weighted by Gasteiger charge is 2.21. The lowest BCUT2D eigenvalue weighted by atomic mass is 10.1. The van der Waals surface area contributed by atoms with E-state index in [2.05, 4.69) is 15.6 Å². The molecule has 2 heterocycles. The number of carbonyl (C=O) groups excluding carboxylic acids is 3. The van der Waals surface area contributed by atoms with Gasteiger partial charge in [0.2, 0.25) is 0 Å². The standard InChI is InChI=1S/C29H29ClFN5O5/c1-2-40-26(37)17-41-20-8-10-24(22(15-20)29(39)35-25-11-7-19(30)16-33-25)34-28(38)21-9-6-18(14-23(21)31)27(32)36-12-4-3-5-13-36/h6-11,14-16,32H,2-5,12-13,17H2,1H3,(H,34,38)(H,33,35,39). The molecule has 0 aliphatic carbocycles. The Labute approximate surface area is 241 Å². The average molecular weight is 582 g/mol. The summed E-state index contributed by atoms with van der Waals surface area (Å²) in [5.74, 6) is -2.26. The molecule has 1 fully saturated rings. The first-order chi connectivity index (χ1) is 19.7. The number of halogens is 2. The maximum atomic E-state index is 15.1. The van der Waals surface area contributed by atoms with E-state index < -0.39 is 23.6 Å². The molecule has 1 aromatic heterocycles. The van der Waals surface area contributed by atoms with Crippen molar-refractivity contribution in [3.63, 3.8) is 0 Å². The molecule has 2 aromatic carbocycles. The number of ether oxygens (including phenoxy) is 2. The van der Waals surface area contributed by atoms with Gasteiger partial charge in [0.05, 0.1) is 28.4 Å². The van der Waals surface area contributed by atoms with Crippen molar-refractivity contribution in [1.82, 2.24) is 9.88 Å². The number of amidine groups is 1. The van der Waals surface area contributed by atoms with Crippen molar-refractivity contribution < 1.29 is 28.2 Å². The van der Waals surface area contributed by atoms with E-state index in [1.165, 1.54) is 42.6 Å². The van der Waals surface area contributed by atoms with Crippen molar-refractivity contribution in [3.05, 3.63) is 82.3 Å². The normalized spacial score (nSPS) is 12.8. The third kappa shape index (κ3) is 7.79. The Bertz CT molecular complexity index is 1440. The summed E-state index contributed by atoms with van der Waals surface area (Å²) in [6.07, 6.45) is 4.41. The quantitative estimate of drug-likeness (QED) is 0.181. The Morgan fingerprint density at radius 2 is 1.76 bits per heavy atom. The molecule has 4 rings (SSSR count). The van der Waals surface area contributed by atoms with Crippen LogP contribution in [0.15, 0.2) is 54.7 Å². The van der Waals surface area contributed by atoms with Gasteiger partial charge in [0.1, 0.15) is 23.2 Å². The third-order valence-corrected chi connectivity index (χ3v) is 6.50. The number of esters is 1. The molecule has 0 radical (unpaired) electrons. The molecule has 41 heavy (non-hydrogen) atoms. The van der Waals surface area contributed by atoms with Gasteiger partial charge in [0.15, 0.2) is 6.61 Å². The summed E-state index contributed by atoms with van der Waals surface area (Å²) in [6.45, 7) is 2.93. The third-order valence-electron chi connectivity index (χ3n) is 6.27. The van der Waals surface area contributed by atoms with Gasteiger partial charge in [0.25, 0.3) is 11.8 Å². The Morgan fingerprint density at radius 3 is 2.44 bits per heavy atom. The maximum Gasteiger partial charge on any atom is 0.344 e. The summed E-state index contributed by atoms with van der Waals surface area (Å²) >= 11 is 5.87. The Hall–Kier alpha value is -4.51. The first-order valence-electron chi connectivity index (χ1n) is 13.0. The molecule has 1 aliphatic rings. The van der Waals surface area contributed by atoms with E-state index in [9.17, 15) is 14.4 Å². The lowest BCUT2D eigenvalue weighted by molar-refractivity contribution is -0.145. The Balaban J connectivity index is 1.55. The molecule has 1 saturated heterocycles. The number of hydrogen-bond donors (Lipinski definition) is 3. The molecule has 10 nitrogen and oxygen atoms in total. The van der Waals surface area contributed by atoms with Crippen LogP contribution in [0.25, 0.3) is 0 Å². The summed E-state index contributed by atoms with van der Waals surface area (Å²) < 4.78 is 25.4. The van der Waals surface area contributed by atoms with Crippen LogP contribution >= 0.6 is 11.6 Å². The van der Waals surface area contributed by atoms with Gasteiger partial charge in [0, 0.05) is 24.8 Å². The van der Waals surface area contributed by atoms with Gasteiger partial charge < -0.3 is 25.0 Å². The number of nitrogens with one attached hydrogen (secondary N) is 3. The second-order valence-corrected chi connectivity index (χ2v) is 9.60. The van der Waals surface area contributed by atoms with Crippen LogP contribution in [-0.2, 0) is 9.53 Å². The van der Waals surface area contributed by atoms with Crippen LogP contribution in [-0.4, -0.2) is 59.8 Å². The Morgan fingerprint density at radius 1 is 1.00 bits per heavy atom. The first kappa shape index (κ1) is 29.5. The highest BCUT2D eigenvalue weighted by Crippen LogP contribution is 2.25. The topological polar surface area (TPSA) is 134 Å². The van der Waals surface area contributed by atoms with E-state index >= 15 is 4.39 Å². The van der Waals surface area contributed by atoms with E-state index in [1.807, 2.05) is 4.90 Å². The number of amides is 2. The molecule has 214 valence electrons. The number of hydrogen-bond acceptors (Lipinski definition) is 7. The van der Waals surface area contributed by atoms with Crippen LogP contribution in [0.2, 0.25) is 5.02 Å². The van der Waals surface area contributed by atoms with Crippen molar-refractivity contribution in [2.75, 3.05) is 36.9 Å². The highest BCUT2D eigenvalue weighted by atomic mass is 35.5. The smallest absolute Gasteiger partial charge is 0.344 e. The zero-order valence-corrected chi connectivity index (χ0v) is 23.1. The number of aromatic nitrogens is 1. The molecule has 3 N–H and O–H groups in total. The number of piperidine rings is 1. The van der Waals surface area contributed by atoms with Gasteiger partial charge in [-0.25, -0.2) is 14.2 Å². The molecule has 12 heteroatoms. The maximum absolute atomic E-state index is 15.1. The van der Waals surface area contributed by atoms with Gasteiger partial charge in [-0.2, -0.15) is 0 Å². The summed E-state index contributed by atoms with van der Waals surface area (Å²) in [4.78, 5) is 43.9. The minimum absolute atomic E-state index is 0.0274. The fourth-order valence-electron chi connectivity index (χ4n) is 4.22. The molecule has 0 bridgehead atoms. The number of carbonyl (C=O) groups is 3. The molecule has 0 unspecified atom stereocenters. The van der Waals surface area contributed by atoms with Crippen LogP contribution in [0.4, 0.5) is 15.9 Å². The minimum atomic E-state index is -0.799. The van der Waals surface area contributed by atoms with Crippen molar-refractivity contribution in [3.8, 4) is 5.75 Å².